The molecule has 0 spiro atoms. The third kappa shape index (κ3) is 3.53. The highest BCUT2D eigenvalue weighted by atomic mass is 16.4. The average Bonchev–Trinajstić information content (AvgIpc) is 2.87. The van der Waals surface area contributed by atoms with Gasteiger partial charge in [-0.2, -0.15) is 0 Å². The molecule has 0 radical (unpaired) electrons. The molecule has 19 heavy (non-hydrogen) atoms. The molecular weight excluding hydrogens is 240 g/mol. The molecule has 4 heteroatoms. The summed E-state index contributed by atoms with van der Waals surface area (Å²) in [5.41, 5.74) is 0.741. The molecule has 0 unspecified atom stereocenters. The first kappa shape index (κ1) is 14.0. The number of rotatable bonds is 6. The molecule has 1 aliphatic carbocycles. The molecule has 4 nitrogen and oxygen atoms in total. The maximum absolute atomic E-state index is 11.5. The van der Waals surface area contributed by atoms with Crippen molar-refractivity contribution in [3.8, 4) is 0 Å². The van der Waals surface area contributed by atoms with E-state index in [1.807, 2.05) is 19.2 Å². The number of likely N-dealkylation sites (N-methyl/N-ethyl adjacent to an activating group) is 1. The molecule has 2 rings (SSSR count). The van der Waals surface area contributed by atoms with Crippen LogP contribution >= 0.6 is 0 Å². The van der Waals surface area contributed by atoms with Gasteiger partial charge in [0.2, 0.25) is 0 Å². The standard InChI is InChI=1S/C15H22N2O2/c1-17(11-6-13-4-9-16-10-5-13)12-15(14(18)19)7-2-3-8-15/h4-5,9-10H,2-3,6-8,11-12H2,1H3,(H,18,19). The number of carboxylic acids is 1. The van der Waals surface area contributed by atoms with Gasteiger partial charge < -0.3 is 10.0 Å². The van der Waals surface area contributed by atoms with Crippen molar-refractivity contribution in [3.05, 3.63) is 30.1 Å². The SMILES string of the molecule is CN(CCc1ccncc1)CC1(C(=O)O)CCCC1. The van der Waals surface area contributed by atoms with Crippen molar-refractivity contribution in [1.29, 1.82) is 0 Å². The van der Waals surface area contributed by atoms with Crippen LogP contribution in [0.15, 0.2) is 24.5 Å². The molecular formula is C15H22N2O2. The molecule has 0 atom stereocenters. The quantitative estimate of drug-likeness (QED) is 0.854. The molecule has 1 aromatic heterocycles. The highest BCUT2D eigenvalue weighted by Crippen LogP contribution is 2.38. The summed E-state index contributed by atoms with van der Waals surface area (Å²) in [7, 11) is 2.02. The van der Waals surface area contributed by atoms with Crippen molar-refractivity contribution in [2.24, 2.45) is 5.41 Å². The Bertz CT molecular complexity index is 413. The fourth-order valence-corrected chi connectivity index (χ4v) is 2.96. The highest BCUT2D eigenvalue weighted by Gasteiger charge is 2.41. The smallest absolute Gasteiger partial charge is 0.310 e. The van der Waals surface area contributed by atoms with Gasteiger partial charge in [-0.25, -0.2) is 0 Å². The zero-order valence-corrected chi connectivity index (χ0v) is 11.5. The summed E-state index contributed by atoms with van der Waals surface area (Å²) < 4.78 is 0. The van der Waals surface area contributed by atoms with Crippen LogP contribution in [0.3, 0.4) is 0 Å². The number of hydrogen-bond donors (Lipinski definition) is 1. The Morgan fingerprint density at radius 3 is 2.58 bits per heavy atom. The second-order valence-corrected chi connectivity index (χ2v) is 5.64. The Morgan fingerprint density at radius 2 is 2.00 bits per heavy atom. The number of aromatic nitrogens is 1. The third-order valence-electron chi connectivity index (χ3n) is 4.12. The molecule has 0 aliphatic heterocycles. The highest BCUT2D eigenvalue weighted by molar-refractivity contribution is 5.75. The van der Waals surface area contributed by atoms with E-state index in [2.05, 4.69) is 9.88 Å². The molecule has 0 saturated heterocycles. The first-order chi connectivity index (χ1) is 9.12. The fraction of sp³-hybridized carbons (Fsp3) is 0.600. The summed E-state index contributed by atoms with van der Waals surface area (Å²) in [6.45, 7) is 1.55. The lowest BCUT2D eigenvalue weighted by Gasteiger charge is -2.29. The molecule has 1 aromatic rings. The van der Waals surface area contributed by atoms with Crippen LogP contribution in [0.1, 0.15) is 31.2 Å². The number of aliphatic carboxylic acids is 1. The predicted octanol–water partition coefficient (Wildman–Crippen LogP) is 2.20. The van der Waals surface area contributed by atoms with Gasteiger partial charge in [0, 0.05) is 25.5 Å². The zero-order chi connectivity index (χ0) is 13.7. The van der Waals surface area contributed by atoms with Gasteiger partial charge in [-0.15, -0.1) is 0 Å². The first-order valence-corrected chi connectivity index (χ1v) is 6.93. The topological polar surface area (TPSA) is 53.4 Å². The molecule has 1 aliphatic rings. The maximum atomic E-state index is 11.5. The minimum absolute atomic E-state index is 0.507. The third-order valence-corrected chi connectivity index (χ3v) is 4.12. The van der Waals surface area contributed by atoms with E-state index in [0.29, 0.717) is 6.54 Å². The number of carboxylic acid groups (broad SMARTS) is 1. The van der Waals surface area contributed by atoms with Gasteiger partial charge >= 0.3 is 5.97 Å². The molecule has 1 N–H and O–H groups in total. The number of nitrogens with zero attached hydrogens (tertiary/aromatic N) is 2. The lowest BCUT2D eigenvalue weighted by atomic mass is 9.86. The van der Waals surface area contributed by atoms with E-state index < -0.39 is 11.4 Å². The molecule has 0 amide bonds. The van der Waals surface area contributed by atoms with Gasteiger partial charge in [-0.3, -0.25) is 9.78 Å². The van der Waals surface area contributed by atoms with Crippen LogP contribution in [0.2, 0.25) is 0 Å². The number of carbonyl (C=O) groups is 1. The summed E-state index contributed by atoms with van der Waals surface area (Å²) in [5, 5.41) is 9.46. The maximum Gasteiger partial charge on any atom is 0.310 e. The molecule has 1 saturated carbocycles. The van der Waals surface area contributed by atoms with Crippen LogP contribution in [0.25, 0.3) is 0 Å². The summed E-state index contributed by atoms with van der Waals surface area (Å²) in [6.07, 6.45) is 8.27. The van der Waals surface area contributed by atoms with Gasteiger partial charge in [-0.1, -0.05) is 12.8 Å². The van der Waals surface area contributed by atoms with Crippen molar-refractivity contribution in [2.45, 2.75) is 32.1 Å². The molecule has 0 bridgehead atoms. The van der Waals surface area contributed by atoms with Gasteiger partial charge in [0.15, 0.2) is 0 Å². The van der Waals surface area contributed by atoms with Crippen molar-refractivity contribution in [1.82, 2.24) is 9.88 Å². The Balaban J connectivity index is 1.86. The number of pyridine rings is 1. The van der Waals surface area contributed by atoms with Crippen LogP contribution in [0.5, 0.6) is 0 Å². The van der Waals surface area contributed by atoms with Gasteiger partial charge in [0.25, 0.3) is 0 Å². The van der Waals surface area contributed by atoms with E-state index in [-0.39, 0.29) is 0 Å². The lowest BCUT2D eigenvalue weighted by molar-refractivity contribution is -0.149. The summed E-state index contributed by atoms with van der Waals surface area (Å²) in [5.74, 6) is -0.624. The van der Waals surface area contributed by atoms with Gasteiger partial charge in [-0.05, 0) is 44.0 Å². The average molecular weight is 262 g/mol. The van der Waals surface area contributed by atoms with Crippen LogP contribution in [0.4, 0.5) is 0 Å². The van der Waals surface area contributed by atoms with Crippen LogP contribution in [-0.2, 0) is 11.2 Å². The largest absolute Gasteiger partial charge is 0.481 e. The van der Waals surface area contributed by atoms with E-state index in [0.717, 1.165) is 38.6 Å². The van der Waals surface area contributed by atoms with E-state index in [4.69, 9.17) is 0 Å². The van der Waals surface area contributed by atoms with Gasteiger partial charge in [0.1, 0.15) is 0 Å². The molecule has 1 heterocycles. The molecule has 1 fully saturated rings. The zero-order valence-electron chi connectivity index (χ0n) is 11.5. The minimum Gasteiger partial charge on any atom is -0.481 e. The van der Waals surface area contributed by atoms with Crippen LogP contribution in [0, 0.1) is 5.41 Å². The Hall–Kier alpha value is -1.42. The second kappa shape index (κ2) is 6.15. The lowest BCUT2D eigenvalue weighted by Crippen LogP contribution is -2.40. The fourth-order valence-electron chi connectivity index (χ4n) is 2.96. The van der Waals surface area contributed by atoms with Crippen molar-refractivity contribution in [2.75, 3.05) is 20.1 Å². The van der Waals surface area contributed by atoms with Crippen molar-refractivity contribution in [3.63, 3.8) is 0 Å². The Morgan fingerprint density at radius 1 is 1.37 bits per heavy atom. The molecule has 0 aromatic carbocycles. The predicted molar refractivity (Wildman–Crippen MR) is 74.0 cm³/mol. The summed E-state index contributed by atoms with van der Waals surface area (Å²) in [4.78, 5) is 17.6. The normalized spacial score (nSPS) is 17.8. The summed E-state index contributed by atoms with van der Waals surface area (Å²) in [6, 6.07) is 4.02. The Labute approximate surface area is 114 Å². The van der Waals surface area contributed by atoms with Crippen LogP contribution in [-0.4, -0.2) is 41.1 Å². The van der Waals surface area contributed by atoms with E-state index in [1.165, 1.54) is 5.56 Å². The van der Waals surface area contributed by atoms with E-state index in [9.17, 15) is 9.90 Å². The van der Waals surface area contributed by atoms with E-state index >= 15 is 0 Å². The van der Waals surface area contributed by atoms with E-state index in [1.54, 1.807) is 12.4 Å². The van der Waals surface area contributed by atoms with Crippen molar-refractivity contribution >= 4 is 5.97 Å². The monoisotopic (exact) mass is 262 g/mol. The Kier molecular flexibility index (Phi) is 4.53. The minimum atomic E-state index is -0.624. The van der Waals surface area contributed by atoms with Crippen molar-refractivity contribution < 1.29 is 9.90 Å². The summed E-state index contributed by atoms with van der Waals surface area (Å²) >= 11 is 0. The van der Waals surface area contributed by atoms with Gasteiger partial charge in [0.05, 0.1) is 5.41 Å². The molecule has 104 valence electrons. The van der Waals surface area contributed by atoms with Crippen LogP contribution < -0.4 is 0 Å². The second-order valence-electron chi connectivity index (χ2n) is 5.64. The number of hydrogen-bond acceptors (Lipinski definition) is 3. The first-order valence-electron chi connectivity index (χ1n) is 6.93.